The van der Waals surface area contributed by atoms with Crippen molar-refractivity contribution >= 4 is 46.8 Å². The van der Waals surface area contributed by atoms with Crippen molar-refractivity contribution in [3.8, 4) is 23.0 Å². The van der Waals surface area contributed by atoms with E-state index in [2.05, 4.69) is 20.3 Å². The Morgan fingerprint density at radius 3 is 1.19 bits per heavy atom. The summed E-state index contributed by atoms with van der Waals surface area (Å²) in [5.74, 6) is -2.69. The van der Waals surface area contributed by atoms with Crippen LogP contribution in [0.15, 0.2) is 108 Å². The Hall–Kier alpha value is -8.02. The molecule has 0 bridgehead atoms. The maximum Gasteiger partial charge on any atom is 0.261 e. The van der Waals surface area contributed by atoms with Crippen molar-refractivity contribution in [3.63, 3.8) is 0 Å². The van der Waals surface area contributed by atoms with E-state index in [-0.39, 0.29) is 47.2 Å². The second kappa shape index (κ2) is 17.6. The molecule has 6 aromatic rings. The summed E-state index contributed by atoms with van der Waals surface area (Å²) in [5, 5.41) is 58.5. The number of imidazole rings is 2. The molecule has 0 fully saturated rings. The third kappa shape index (κ3) is 8.15. The highest BCUT2D eigenvalue weighted by Crippen LogP contribution is 2.38. The van der Waals surface area contributed by atoms with E-state index >= 15 is 0 Å². The van der Waals surface area contributed by atoms with E-state index < -0.39 is 23.6 Å². The highest BCUT2D eigenvalue weighted by atomic mass is 16.4. The molecule has 2 aromatic heterocycles. The molecule has 2 aliphatic rings. The molecule has 0 unspecified atom stereocenters. The van der Waals surface area contributed by atoms with E-state index in [0.29, 0.717) is 59.0 Å². The van der Waals surface area contributed by atoms with E-state index in [1.165, 1.54) is 46.2 Å². The maximum absolute atomic E-state index is 13.3. The fourth-order valence-electron chi connectivity index (χ4n) is 6.47. The number of phenols is 4. The van der Waals surface area contributed by atoms with Gasteiger partial charge < -0.3 is 40.0 Å². The van der Waals surface area contributed by atoms with Gasteiger partial charge in [-0.05, 0) is 61.4 Å². The van der Waals surface area contributed by atoms with Crippen LogP contribution < -0.4 is 0 Å². The Labute approximate surface area is 329 Å². The SMILES string of the molecule is O/N=C/c1cccc(O)c1O.O/N=C/c1cccc(O)c1O.O=C1c2ccc3c4c(ccc(c24)C(=O)N1CCCn1ccnc1)C(=O)N(CCCn1ccnc1)C3=O. The van der Waals surface area contributed by atoms with Gasteiger partial charge in [-0.3, -0.25) is 29.0 Å². The van der Waals surface area contributed by atoms with Crippen molar-refractivity contribution in [2.75, 3.05) is 13.1 Å². The average Bonchev–Trinajstić information content (AvgIpc) is 3.95. The third-order valence-corrected chi connectivity index (χ3v) is 9.26. The first-order valence-electron chi connectivity index (χ1n) is 17.7. The topological polar surface area (TPSA) is 256 Å². The molecule has 0 radical (unpaired) electrons. The van der Waals surface area contributed by atoms with Gasteiger partial charge in [0.2, 0.25) is 0 Å². The van der Waals surface area contributed by atoms with Gasteiger partial charge in [0.05, 0.1) is 25.1 Å². The number of para-hydroxylation sites is 2. The van der Waals surface area contributed by atoms with Gasteiger partial charge in [0, 0.05) is 95.1 Å². The zero-order valence-corrected chi connectivity index (χ0v) is 30.5. The highest BCUT2D eigenvalue weighted by Gasteiger charge is 2.39. The largest absolute Gasteiger partial charge is 0.504 e. The van der Waals surface area contributed by atoms with Gasteiger partial charge in [-0.1, -0.05) is 22.4 Å². The molecule has 2 aliphatic heterocycles. The number of benzene rings is 4. The van der Waals surface area contributed by atoms with Crippen LogP contribution in [0.25, 0.3) is 10.8 Å². The number of oxime groups is 2. The summed E-state index contributed by atoms with van der Waals surface area (Å²) in [6.45, 7) is 1.75. The average molecular weight is 789 g/mol. The number of aromatic nitrogens is 4. The van der Waals surface area contributed by atoms with E-state index in [9.17, 15) is 19.2 Å². The summed E-state index contributed by atoms with van der Waals surface area (Å²) < 4.78 is 3.77. The Balaban J connectivity index is 0.000000210. The van der Waals surface area contributed by atoms with Crippen LogP contribution in [-0.2, 0) is 13.1 Å². The summed E-state index contributed by atoms with van der Waals surface area (Å²) in [6.07, 6.45) is 13.6. The van der Waals surface area contributed by atoms with Crippen molar-refractivity contribution in [3.05, 3.63) is 131 Å². The molecule has 0 saturated heterocycles. The number of hydrogen-bond donors (Lipinski definition) is 6. The first-order chi connectivity index (χ1) is 28.0. The van der Waals surface area contributed by atoms with Crippen LogP contribution in [0.3, 0.4) is 0 Å². The summed E-state index contributed by atoms with van der Waals surface area (Å²) in [5.41, 5.74) is 1.88. The van der Waals surface area contributed by atoms with Crippen LogP contribution in [0.4, 0.5) is 0 Å². The molecule has 4 heterocycles. The predicted molar refractivity (Wildman–Crippen MR) is 207 cm³/mol. The first kappa shape index (κ1) is 39.7. The lowest BCUT2D eigenvalue weighted by Gasteiger charge is -2.32. The van der Waals surface area contributed by atoms with Crippen molar-refractivity contribution in [1.29, 1.82) is 0 Å². The van der Waals surface area contributed by atoms with E-state index in [1.807, 2.05) is 21.5 Å². The number of nitrogens with zero attached hydrogens (tertiary/aromatic N) is 8. The van der Waals surface area contributed by atoms with Crippen LogP contribution in [0, 0.1) is 0 Å². The number of imide groups is 2. The van der Waals surface area contributed by atoms with Crippen LogP contribution in [0.5, 0.6) is 23.0 Å². The number of amides is 4. The van der Waals surface area contributed by atoms with E-state index in [1.54, 1.807) is 49.3 Å². The third-order valence-electron chi connectivity index (χ3n) is 9.26. The van der Waals surface area contributed by atoms with Gasteiger partial charge in [0.25, 0.3) is 23.6 Å². The normalized spacial score (nSPS) is 13.2. The molecule has 296 valence electrons. The van der Waals surface area contributed by atoms with Crippen LogP contribution in [0.2, 0.25) is 0 Å². The van der Waals surface area contributed by atoms with Gasteiger partial charge in [-0.25, -0.2) is 9.97 Å². The molecule has 0 saturated carbocycles. The number of rotatable bonds is 10. The van der Waals surface area contributed by atoms with Gasteiger partial charge in [0.15, 0.2) is 23.0 Å². The lowest BCUT2D eigenvalue weighted by atomic mass is 9.86. The molecule has 18 heteroatoms. The van der Waals surface area contributed by atoms with Gasteiger partial charge in [0.1, 0.15) is 0 Å². The van der Waals surface area contributed by atoms with Crippen molar-refractivity contribution < 1.29 is 50.0 Å². The van der Waals surface area contributed by atoms with E-state index in [4.69, 9.17) is 30.8 Å². The number of carbonyl (C=O) groups is 4. The molecular weight excluding hydrogens is 752 g/mol. The summed E-state index contributed by atoms with van der Waals surface area (Å²) >= 11 is 0. The predicted octanol–water partition coefficient (Wildman–Crippen LogP) is 4.42. The Bertz CT molecular complexity index is 2290. The second-order valence-electron chi connectivity index (χ2n) is 12.8. The standard InChI is InChI=1S/C26H22N6O4.2C7H7NO3/c33-23-17-3-5-19-22-20(26(36)32(25(19)35)12-2-10-30-14-8-28-16-30)6-4-18(21(17)22)24(34)31(23)11-1-9-29-13-7-27-15-29;2*9-6-3-1-2-5(4-8-11)7(6)10/h3-8,13-16H,1-2,9-12H2;2*1-4,9-11H/b;2*8-4+. The molecule has 0 atom stereocenters. The van der Waals surface area contributed by atoms with Crippen LogP contribution >= 0.6 is 0 Å². The smallest absolute Gasteiger partial charge is 0.261 e. The second-order valence-corrected chi connectivity index (χ2v) is 12.8. The van der Waals surface area contributed by atoms with Crippen molar-refractivity contribution in [1.82, 2.24) is 28.9 Å². The van der Waals surface area contributed by atoms with Crippen LogP contribution in [-0.4, -0.2) is 109 Å². The minimum atomic E-state index is -0.413. The Morgan fingerprint density at radius 1 is 0.517 bits per heavy atom. The lowest BCUT2D eigenvalue weighted by molar-refractivity contribution is 0.0585. The minimum Gasteiger partial charge on any atom is -0.504 e. The number of aromatic hydroxyl groups is 4. The van der Waals surface area contributed by atoms with Crippen molar-refractivity contribution in [2.45, 2.75) is 25.9 Å². The van der Waals surface area contributed by atoms with Gasteiger partial charge in [-0.2, -0.15) is 0 Å². The summed E-state index contributed by atoms with van der Waals surface area (Å²) in [4.78, 5) is 63.7. The van der Waals surface area contributed by atoms with Gasteiger partial charge >= 0.3 is 0 Å². The maximum atomic E-state index is 13.3. The highest BCUT2D eigenvalue weighted by molar-refractivity contribution is 6.33. The number of hydrogen-bond acceptors (Lipinski definition) is 14. The summed E-state index contributed by atoms with van der Waals surface area (Å²) in [6, 6.07) is 15.1. The fourth-order valence-corrected chi connectivity index (χ4v) is 6.47. The molecule has 58 heavy (non-hydrogen) atoms. The minimum absolute atomic E-state index is 0.234. The van der Waals surface area contributed by atoms with E-state index in [0.717, 1.165) is 12.4 Å². The molecule has 0 aliphatic carbocycles. The molecule has 8 rings (SSSR count). The Morgan fingerprint density at radius 2 is 0.879 bits per heavy atom. The van der Waals surface area contributed by atoms with Gasteiger partial charge in [-0.15, -0.1) is 0 Å². The molecule has 18 nitrogen and oxygen atoms in total. The number of phenolic OH excluding ortho intramolecular Hbond substituents is 4. The molecule has 4 amide bonds. The number of aryl methyl sites for hydroxylation is 2. The zero-order valence-electron chi connectivity index (χ0n) is 30.5. The monoisotopic (exact) mass is 788 g/mol. The lowest BCUT2D eigenvalue weighted by Crippen LogP contribution is -2.44. The van der Waals surface area contributed by atoms with Crippen LogP contribution in [0.1, 0.15) is 65.4 Å². The fraction of sp³-hybridized carbons (Fsp3) is 0.150. The zero-order chi connectivity index (χ0) is 41.3. The quantitative estimate of drug-likeness (QED) is 0.0371. The molecular formula is C40H36N8O10. The number of carbonyl (C=O) groups excluding carboxylic acids is 4. The molecule has 4 aromatic carbocycles. The first-order valence-corrected chi connectivity index (χ1v) is 17.7. The van der Waals surface area contributed by atoms with Crippen molar-refractivity contribution in [2.24, 2.45) is 10.3 Å². The molecule has 6 N–H and O–H groups in total. The Kier molecular flexibility index (Phi) is 12.1. The molecule has 0 spiro atoms. The summed E-state index contributed by atoms with van der Waals surface area (Å²) in [7, 11) is 0.